The molecule has 6 nitrogen and oxygen atoms in total. The predicted octanol–water partition coefficient (Wildman–Crippen LogP) is 2.44. The van der Waals surface area contributed by atoms with Crippen molar-refractivity contribution in [1.29, 1.82) is 0 Å². The van der Waals surface area contributed by atoms with Gasteiger partial charge in [-0.05, 0) is 20.8 Å². The molecule has 1 atom stereocenters. The number of hydrogen-bond acceptors (Lipinski definition) is 3. The van der Waals surface area contributed by atoms with Gasteiger partial charge in [0.25, 0.3) is 5.91 Å². The van der Waals surface area contributed by atoms with E-state index in [0.717, 1.165) is 11.3 Å². The number of carbonyl (C=O) groups excluding carboxylic acids is 1. The van der Waals surface area contributed by atoms with Crippen LogP contribution in [0.2, 0.25) is 0 Å². The molecule has 0 bridgehead atoms. The van der Waals surface area contributed by atoms with Gasteiger partial charge in [-0.2, -0.15) is 23.4 Å². The van der Waals surface area contributed by atoms with Crippen molar-refractivity contribution in [3.8, 4) is 0 Å². The third-order valence-electron chi connectivity index (χ3n) is 3.24. The number of carbonyl (C=O) groups is 1. The van der Waals surface area contributed by atoms with E-state index in [1.54, 1.807) is 24.7 Å². The molecule has 2 N–H and O–H groups in total. The summed E-state index contributed by atoms with van der Waals surface area (Å²) in [6.45, 7) is 6.16. The lowest BCUT2D eigenvalue weighted by Gasteiger charge is -2.11. The molecule has 0 radical (unpaired) electrons. The molecule has 0 aliphatic heterocycles. The summed E-state index contributed by atoms with van der Waals surface area (Å²) in [6, 6.07) is 0.295. The first kappa shape index (κ1) is 16.1. The second-order valence-electron chi connectivity index (χ2n) is 4.89. The molecule has 2 aromatic rings. The Balaban J connectivity index is 2.11. The zero-order valence-electron chi connectivity index (χ0n) is 12.3. The fourth-order valence-corrected chi connectivity index (χ4v) is 2.05. The molecule has 1 amide bonds. The molecule has 0 saturated carbocycles. The molecule has 9 heteroatoms. The highest BCUT2D eigenvalue weighted by atomic mass is 19.4. The van der Waals surface area contributed by atoms with E-state index in [-0.39, 0.29) is 11.7 Å². The summed E-state index contributed by atoms with van der Waals surface area (Å²) in [5.74, 6) is -0.678. The van der Waals surface area contributed by atoms with Crippen LogP contribution in [-0.2, 0) is 12.7 Å². The second-order valence-corrected chi connectivity index (χ2v) is 4.89. The number of aromatic amines is 1. The van der Waals surface area contributed by atoms with Crippen LogP contribution in [0.15, 0.2) is 12.3 Å². The van der Waals surface area contributed by atoms with Crippen LogP contribution in [-0.4, -0.2) is 25.9 Å². The van der Waals surface area contributed by atoms with Gasteiger partial charge in [0.2, 0.25) is 0 Å². The molecule has 2 rings (SSSR count). The quantitative estimate of drug-likeness (QED) is 0.910. The van der Waals surface area contributed by atoms with Crippen molar-refractivity contribution in [3.05, 3.63) is 34.9 Å². The predicted molar refractivity (Wildman–Crippen MR) is 72.1 cm³/mol. The third-order valence-corrected chi connectivity index (χ3v) is 3.24. The number of nitrogens with zero attached hydrogens (tertiary/aromatic N) is 3. The maximum absolute atomic E-state index is 12.5. The Kier molecular flexibility index (Phi) is 4.25. The number of aromatic nitrogens is 4. The van der Waals surface area contributed by atoms with Crippen LogP contribution in [0.1, 0.15) is 47.3 Å². The van der Waals surface area contributed by atoms with E-state index in [2.05, 4.69) is 15.5 Å². The van der Waals surface area contributed by atoms with Crippen LogP contribution in [0.3, 0.4) is 0 Å². The van der Waals surface area contributed by atoms with Crippen molar-refractivity contribution >= 4 is 5.91 Å². The van der Waals surface area contributed by atoms with Crippen molar-refractivity contribution in [2.24, 2.45) is 0 Å². The first-order chi connectivity index (χ1) is 10.2. The number of rotatable bonds is 4. The minimum Gasteiger partial charge on any atom is -0.344 e. The molecule has 0 aromatic carbocycles. The van der Waals surface area contributed by atoms with Crippen LogP contribution >= 0.6 is 0 Å². The van der Waals surface area contributed by atoms with E-state index in [1.807, 2.05) is 12.0 Å². The molecular weight excluding hydrogens is 299 g/mol. The number of alkyl halides is 3. The van der Waals surface area contributed by atoms with E-state index in [4.69, 9.17) is 0 Å². The van der Waals surface area contributed by atoms with Gasteiger partial charge in [-0.25, -0.2) is 0 Å². The van der Waals surface area contributed by atoms with Crippen molar-refractivity contribution in [2.45, 2.75) is 39.5 Å². The maximum atomic E-state index is 12.5. The molecule has 1 unspecified atom stereocenters. The highest BCUT2D eigenvalue weighted by Crippen LogP contribution is 2.27. The van der Waals surface area contributed by atoms with Crippen LogP contribution in [0, 0.1) is 6.92 Å². The van der Waals surface area contributed by atoms with Gasteiger partial charge >= 0.3 is 6.18 Å². The Labute approximate surface area is 124 Å². The molecule has 0 fully saturated rings. The zero-order valence-corrected chi connectivity index (χ0v) is 12.3. The number of aryl methyl sites for hydroxylation is 2. The van der Waals surface area contributed by atoms with Crippen LogP contribution in [0.4, 0.5) is 13.2 Å². The molecule has 120 valence electrons. The second kappa shape index (κ2) is 5.82. The molecule has 0 spiro atoms. The molecular formula is C13H16F3N5O. The lowest BCUT2D eigenvalue weighted by molar-refractivity contribution is -0.141. The minimum absolute atomic E-state index is 0.306. The highest BCUT2D eigenvalue weighted by molar-refractivity contribution is 5.92. The van der Waals surface area contributed by atoms with Crippen LogP contribution in [0.25, 0.3) is 0 Å². The van der Waals surface area contributed by atoms with Gasteiger partial charge < -0.3 is 5.32 Å². The number of hydrogen-bond donors (Lipinski definition) is 2. The normalized spacial score (nSPS) is 13.2. The van der Waals surface area contributed by atoms with Gasteiger partial charge in [0.15, 0.2) is 5.69 Å². The number of amides is 1. The van der Waals surface area contributed by atoms with E-state index in [1.165, 1.54) is 0 Å². The first-order valence-electron chi connectivity index (χ1n) is 6.69. The monoisotopic (exact) mass is 315 g/mol. The average molecular weight is 315 g/mol. The molecule has 22 heavy (non-hydrogen) atoms. The van der Waals surface area contributed by atoms with Crippen molar-refractivity contribution in [3.63, 3.8) is 0 Å². The standard InChI is InChI=1S/C13H16F3N5O/c1-4-21-6-9(8(3)20-21)7(2)17-12(22)10-5-11(19-18-10)13(14,15)16/h5-7H,4H2,1-3H3,(H,17,22)(H,18,19). The van der Waals surface area contributed by atoms with Gasteiger partial charge in [0.1, 0.15) is 5.69 Å². The maximum Gasteiger partial charge on any atom is 0.432 e. The van der Waals surface area contributed by atoms with Crippen molar-refractivity contribution < 1.29 is 18.0 Å². The Morgan fingerprint density at radius 2 is 2.18 bits per heavy atom. The summed E-state index contributed by atoms with van der Waals surface area (Å²) in [4.78, 5) is 12.0. The molecule has 0 aliphatic carbocycles. The summed E-state index contributed by atoms with van der Waals surface area (Å²) in [5.41, 5.74) is 0.203. The molecule has 2 heterocycles. The minimum atomic E-state index is -4.56. The van der Waals surface area contributed by atoms with Crippen LogP contribution < -0.4 is 5.32 Å². The lowest BCUT2D eigenvalue weighted by atomic mass is 10.1. The molecule has 0 saturated heterocycles. The first-order valence-corrected chi connectivity index (χ1v) is 6.69. The van der Waals surface area contributed by atoms with Crippen molar-refractivity contribution in [1.82, 2.24) is 25.3 Å². The summed E-state index contributed by atoms with van der Waals surface area (Å²) in [5, 5.41) is 12.1. The van der Waals surface area contributed by atoms with Crippen LogP contribution in [0.5, 0.6) is 0 Å². The molecule has 0 aliphatic rings. The number of H-pyrrole nitrogens is 1. The largest absolute Gasteiger partial charge is 0.432 e. The van der Waals surface area contributed by atoms with Gasteiger partial charge in [-0.1, -0.05) is 0 Å². The Morgan fingerprint density at radius 1 is 1.50 bits per heavy atom. The fourth-order valence-electron chi connectivity index (χ4n) is 2.05. The van der Waals surface area contributed by atoms with Gasteiger partial charge in [-0.15, -0.1) is 0 Å². The Bertz CT molecular complexity index is 674. The number of nitrogens with one attached hydrogen (secondary N) is 2. The summed E-state index contributed by atoms with van der Waals surface area (Å²) in [6.07, 6.45) is -2.76. The average Bonchev–Trinajstić information content (AvgIpc) is 3.04. The SMILES string of the molecule is CCn1cc(C(C)NC(=O)c2cc(C(F)(F)F)[nH]n2)c(C)n1. The zero-order chi connectivity index (χ0) is 16.5. The smallest absolute Gasteiger partial charge is 0.344 e. The van der Waals surface area contributed by atoms with E-state index in [9.17, 15) is 18.0 Å². The Hall–Kier alpha value is -2.32. The van der Waals surface area contributed by atoms with Crippen molar-refractivity contribution in [2.75, 3.05) is 0 Å². The van der Waals surface area contributed by atoms with E-state index in [0.29, 0.717) is 12.6 Å². The van der Waals surface area contributed by atoms with Gasteiger partial charge in [0, 0.05) is 24.4 Å². The highest BCUT2D eigenvalue weighted by Gasteiger charge is 2.34. The topological polar surface area (TPSA) is 75.6 Å². The van der Waals surface area contributed by atoms with E-state index >= 15 is 0 Å². The summed E-state index contributed by atoms with van der Waals surface area (Å²) >= 11 is 0. The summed E-state index contributed by atoms with van der Waals surface area (Å²) < 4.78 is 39.1. The number of halogens is 3. The fraction of sp³-hybridized carbons (Fsp3) is 0.462. The van der Waals surface area contributed by atoms with Gasteiger partial charge in [0.05, 0.1) is 11.7 Å². The third kappa shape index (κ3) is 3.29. The van der Waals surface area contributed by atoms with Gasteiger partial charge in [-0.3, -0.25) is 14.6 Å². The molecule has 2 aromatic heterocycles. The summed E-state index contributed by atoms with van der Waals surface area (Å²) in [7, 11) is 0. The lowest BCUT2D eigenvalue weighted by Crippen LogP contribution is -2.27. The Morgan fingerprint density at radius 3 is 2.68 bits per heavy atom. The van der Waals surface area contributed by atoms with E-state index < -0.39 is 17.8 Å².